The van der Waals surface area contributed by atoms with E-state index in [1.54, 1.807) is 13.8 Å². The maximum atomic E-state index is 11.8. The summed E-state index contributed by atoms with van der Waals surface area (Å²) in [4.78, 5) is 11.8. The summed E-state index contributed by atoms with van der Waals surface area (Å²) in [6.07, 6.45) is 1.41. The van der Waals surface area contributed by atoms with Crippen LogP contribution in [0.1, 0.15) is 34.1 Å². The molecule has 0 fully saturated rings. The summed E-state index contributed by atoms with van der Waals surface area (Å²) in [5.74, 6) is -0.548. The van der Waals surface area contributed by atoms with Crippen LogP contribution in [-0.2, 0) is 14.6 Å². The monoisotopic (exact) mass is 251 g/mol. The molecule has 1 amide bonds. The molecule has 16 heavy (non-hydrogen) atoms. The van der Waals surface area contributed by atoms with Gasteiger partial charge in [-0.3, -0.25) is 4.79 Å². The average Bonchev–Trinajstić information content (AvgIpc) is 2.00. The molecule has 0 radical (unpaired) electrons. The molecule has 2 N–H and O–H groups in total. The predicted octanol–water partition coefficient (Wildman–Crippen LogP) is 0.0868. The van der Waals surface area contributed by atoms with Crippen LogP contribution in [-0.4, -0.2) is 42.6 Å². The van der Waals surface area contributed by atoms with Gasteiger partial charge in [0.2, 0.25) is 5.91 Å². The summed E-state index contributed by atoms with van der Waals surface area (Å²) in [5.41, 5.74) is -0.617. The third kappa shape index (κ3) is 3.75. The van der Waals surface area contributed by atoms with E-state index in [4.69, 9.17) is 5.11 Å². The van der Waals surface area contributed by atoms with Gasteiger partial charge >= 0.3 is 0 Å². The van der Waals surface area contributed by atoms with E-state index in [1.807, 2.05) is 0 Å². The van der Waals surface area contributed by atoms with Crippen LogP contribution in [0, 0.1) is 0 Å². The zero-order valence-corrected chi connectivity index (χ0v) is 11.3. The molecule has 0 saturated carbocycles. The lowest BCUT2D eigenvalue weighted by atomic mass is 10.00. The fourth-order valence-electron chi connectivity index (χ4n) is 0.968. The van der Waals surface area contributed by atoms with Gasteiger partial charge in [0.25, 0.3) is 0 Å². The standard InChI is InChI=1S/C10H21NO4S/c1-9(2,6-7-12)11-8(13)10(3,4)16(5,14)15/h12H,6-7H2,1-5H3,(H,11,13). The molecule has 0 aliphatic rings. The highest BCUT2D eigenvalue weighted by Crippen LogP contribution is 2.18. The second-order valence-corrected chi connectivity index (χ2v) is 7.66. The van der Waals surface area contributed by atoms with Crippen LogP contribution in [0.4, 0.5) is 0 Å². The lowest BCUT2D eigenvalue weighted by molar-refractivity contribution is -0.124. The van der Waals surface area contributed by atoms with Gasteiger partial charge in [-0.1, -0.05) is 0 Å². The number of hydrogen-bond donors (Lipinski definition) is 2. The highest BCUT2D eigenvalue weighted by molar-refractivity contribution is 7.92. The molecule has 0 bridgehead atoms. The molecule has 0 spiro atoms. The highest BCUT2D eigenvalue weighted by atomic mass is 32.2. The highest BCUT2D eigenvalue weighted by Gasteiger charge is 2.40. The Kier molecular flexibility index (Phi) is 4.53. The second kappa shape index (κ2) is 4.71. The number of aliphatic hydroxyl groups is 1. The third-order valence-corrected chi connectivity index (χ3v) is 4.70. The van der Waals surface area contributed by atoms with Crippen LogP contribution in [0.25, 0.3) is 0 Å². The van der Waals surface area contributed by atoms with Gasteiger partial charge in [0.1, 0.15) is 4.75 Å². The minimum absolute atomic E-state index is 0.0629. The SMILES string of the molecule is CC(C)(CCO)NC(=O)C(C)(C)S(C)(=O)=O. The maximum Gasteiger partial charge on any atom is 0.241 e. The van der Waals surface area contributed by atoms with E-state index in [9.17, 15) is 13.2 Å². The Balaban J connectivity index is 4.85. The molecule has 0 aliphatic carbocycles. The van der Waals surface area contributed by atoms with Crippen molar-refractivity contribution in [3.8, 4) is 0 Å². The number of hydrogen-bond acceptors (Lipinski definition) is 4. The number of carbonyl (C=O) groups excluding carboxylic acids is 1. The Morgan fingerprint density at radius 3 is 2.00 bits per heavy atom. The fraction of sp³-hybridized carbons (Fsp3) is 0.900. The number of sulfone groups is 1. The van der Waals surface area contributed by atoms with Crippen LogP contribution >= 0.6 is 0 Å². The Morgan fingerprint density at radius 2 is 1.69 bits per heavy atom. The van der Waals surface area contributed by atoms with E-state index in [0.29, 0.717) is 6.42 Å². The Bertz CT molecular complexity index is 357. The summed E-state index contributed by atoms with van der Waals surface area (Å²) in [6, 6.07) is 0. The van der Waals surface area contributed by atoms with Crippen molar-refractivity contribution < 1.29 is 18.3 Å². The summed E-state index contributed by atoms with van der Waals surface area (Å²) in [6.45, 7) is 6.14. The second-order valence-electron chi connectivity index (χ2n) is 5.09. The molecule has 6 heteroatoms. The van der Waals surface area contributed by atoms with E-state index >= 15 is 0 Å². The molecule has 0 atom stereocenters. The topological polar surface area (TPSA) is 83.5 Å². The van der Waals surface area contributed by atoms with Crippen molar-refractivity contribution in [1.82, 2.24) is 5.32 Å². The van der Waals surface area contributed by atoms with E-state index in [0.717, 1.165) is 6.26 Å². The Labute approximate surface area is 97.2 Å². The zero-order valence-electron chi connectivity index (χ0n) is 10.5. The number of nitrogens with one attached hydrogen (secondary N) is 1. The van der Waals surface area contributed by atoms with Crippen LogP contribution in [0.3, 0.4) is 0 Å². The number of rotatable bonds is 5. The van der Waals surface area contributed by atoms with Crippen LogP contribution in [0.2, 0.25) is 0 Å². The van der Waals surface area contributed by atoms with Gasteiger partial charge in [-0.25, -0.2) is 8.42 Å². The van der Waals surface area contributed by atoms with E-state index in [2.05, 4.69) is 5.32 Å². The lowest BCUT2D eigenvalue weighted by Gasteiger charge is -2.30. The molecule has 0 unspecified atom stereocenters. The quantitative estimate of drug-likeness (QED) is 0.725. The summed E-state index contributed by atoms with van der Waals surface area (Å²) in [7, 11) is -3.46. The maximum absolute atomic E-state index is 11.8. The summed E-state index contributed by atoms with van der Waals surface area (Å²) in [5, 5.41) is 11.4. The first-order valence-electron chi connectivity index (χ1n) is 5.07. The van der Waals surface area contributed by atoms with Crippen LogP contribution < -0.4 is 5.32 Å². The third-order valence-electron chi connectivity index (χ3n) is 2.66. The first kappa shape index (κ1) is 15.4. The van der Waals surface area contributed by atoms with Crippen LogP contribution in [0.5, 0.6) is 0 Å². The lowest BCUT2D eigenvalue weighted by Crippen LogP contribution is -2.54. The predicted molar refractivity (Wildman–Crippen MR) is 62.8 cm³/mol. The molecule has 5 nitrogen and oxygen atoms in total. The van der Waals surface area contributed by atoms with Crippen molar-refractivity contribution in [1.29, 1.82) is 0 Å². The first-order chi connectivity index (χ1) is 6.94. The normalized spacial score (nSPS) is 13.6. The molecule has 0 saturated heterocycles. The van der Waals surface area contributed by atoms with Gasteiger partial charge in [-0.2, -0.15) is 0 Å². The van der Waals surface area contributed by atoms with Crippen molar-refractivity contribution in [2.24, 2.45) is 0 Å². The first-order valence-corrected chi connectivity index (χ1v) is 6.96. The van der Waals surface area contributed by atoms with E-state index in [1.165, 1.54) is 13.8 Å². The van der Waals surface area contributed by atoms with Gasteiger partial charge in [0.15, 0.2) is 9.84 Å². The minimum Gasteiger partial charge on any atom is -0.396 e. The largest absolute Gasteiger partial charge is 0.396 e. The molecule has 0 aromatic heterocycles. The van der Waals surface area contributed by atoms with E-state index < -0.39 is 26.0 Å². The fourth-order valence-corrected chi connectivity index (χ4v) is 1.36. The number of amides is 1. The molecule has 0 aromatic rings. The summed E-state index contributed by atoms with van der Waals surface area (Å²) >= 11 is 0. The smallest absolute Gasteiger partial charge is 0.241 e. The minimum atomic E-state index is -3.46. The van der Waals surface area contributed by atoms with Gasteiger partial charge in [-0.05, 0) is 34.1 Å². The molecule has 0 heterocycles. The van der Waals surface area contributed by atoms with Gasteiger partial charge in [0, 0.05) is 18.4 Å². The van der Waals surface area contributed by atoms with Crippen molar-refractivity contribution in [3.63, 3.8) is 0 Å². The van der Waals surface area contributed by atoms with Crippen molar-refractivity contribution in [2.75, 3.05) is 12.9 Å². The summed E-state index contributed by atoms with van der Waals surface area (Å²) < 4.78 is 21.4. The van der Waals surface area contributed by atoms with Crippen molar-refractivity contribution in [2.45, 2.75) is 44.4 Å². The molecular weight excluding hydrogens is 230 g/mol. The van der Waals surface area contributed by atoms with Gasteiger partial charge in [-0.15, -0.1) is 0 Å². The zero-order chi connectivity index (χ0) is 13.2. The number of carbonyl (C=O) groups is 1. The molecule has 0 aliphatic heterocycles. The molecular formula is C10H21NO4S. The molecule has 96 valence electrons. The Morgan fingerprint density at radius 1 is 1.25 bits per heavy atom. The number of aliphatic hydroxyl groups excluding tert-OH is 1. The van der Waals surface area contributed by atoms with Crippen molar-refractivity contribution in [3.05, 3.63) is 0 Å². The van der Waals surface area contributed by atoms with Crippen LogP contribution in [0.15, 0.2) is 0 Å². The average molecular weight is 251 g/mol. The molecule has 0 aromatic carbocycles. The Hall–Kier alpha value is -0.620. The van der Waals surface area contributed by atoms with Crippen molar-refractivity contribution >= 4 is 15.7 Å². The molecule has 0 rings (SSSR count). The van der Waals surface area contributed by atoms with E-state index in [-0.39, 0.29) is 6.61 Å². The van der Waals surface area contributed by atoms with Gasteiger partial charge in [0.05, 0.1) is 0 Å². The van der Waals surface area contributed by atoms with Gasteiger partial charge < -0.3 is 10.4 Å².